The average Bonchev–Trinajstić information content (AvgIpc) is 3.24. The van der Waals surface area contributed by atoms with Crippen LogP contribution in [0.2, 0.25) is 5.02 Å². The van der Waals surface area contributed by atoms with Gasteiger partial charge in [0.25, 0.3) is 0 Å². The summed E-state index contributed by atoms with van der Waals surface area (Å²) in [6, 6.07) is 5.58. The Morgan fingerprint density at radius 1 is 1.13 bits per heavy atom. The van der Waals surface area contributed by atoms with Crippen molar-refractivity contribution in [3.63, 3.8) is 0 Å². The molecule has 2 aliphatic heterocycles. The van der Waals surface area contributed by atoms with Crippen LogP contribution in [0.3, 0.4) is 0 Å². The molecule has 3 fully saturated rings. The lowest BCUT2D eigenvalue weighted by molar-refractivity contribution is 0.0299. The van der Waals surface area contributed by atoms with E-state index in [4.69, 9.17) is 16.3 Å². The first-order valence-electron chi connectivity index (χ1n) is 13.8. The number of nitrogens with one attached hydrogen (secondary N) is 2. The molecule has 1 aliphatic carbocycles. The summed E-state index contributed by atoms with van der Waals surface area (Å²) >= 11 is 6.53. The van der Waals surface area contributed by atoms with Crippen molar-refractivity contribution in [2.45, 2.75) is 70.4 Å². The molecule has 2 saturated heterocycles. The second-order valence-corrected chi connectivity index (χ2v) is 14.3. The summed E-state index contributed by atoms with van der Waals surface area (Å²) in [5.41, 5.74) is 2.39. The second-order valence-electron chi connectivity index (χ2n) is 11.6. The molecule has 1 unspecified atom stereocenters. The van der Waals surface area contributed by atoms with E-state index in [0.29, 0.717) is 35.0 Å². The number of anilines is 1. The van der Waals surface area contributed by atoms with Crippen LogP contribution in [0, 0.1) is 17.2 Å². The molecule has 10 heteroatoms. The Bertz CT molecular complexity index is 1230. The van der Waals surface area contributed by atoms with Crippen molar-refractivity contribution in [1.82, 2.24) is 15.3 Å². The van der Waals surface area contributed by atoms with Gasteiger partial charge in [0.1, 0.15) is 0 Å². The lowest BCUT2D eigenvalue weighted by Gasteiger charge is -2.33. The Balaban J connectivity index is 1.20. The first kappa shape index (κ1) is 27.7. The predicted octanol–water partition coefficient (Wildman–Crippen LogP) is 5.04. The molecule has 0 spiro atoms. The number of pyridine rings is 2. The third-order valence-electron chi connectivity index (χ3n) is 8.46. The molecule has 0 radical (unpaired) electrons. The normalized spacial score (nSPS) is 26.8. The zero-order chi connectivity index (χ0) is 26.8. The highest BCUT2D eigenvalue weighted by Crippen LogP contribution is 2.33. The van der Waals surface area contributed by atoms with E-state index in [1.807, 2.05) is 6.07 Å². The number of sulfone groups is 1. The van der Waals surface area contributed by atoms with E-state index in [1.54, 1.807) is 12.3 Å². The predicted molar refractivity (Wildman–Crippen MR) is 149 cm³/mol. The molecule has 0 amide bonds. The largest absolute Gasteiger partial charge is 0.381 e. The zero-order valence-corrected chi connectivity index (χ0v) is 23.6. The monoisotopic (exact) mass is 564 g/mol. The van der Waals surface area contributed by atoms with Crippen LogP contribution in [0.5, 0.6) is 0 Å². The molecule has 7 nitrogen and oxygen atoms in total. The van der Waals surface area contributed by atoms with Gasteiger partial charge in [0.2, 0.25) is 0 Å². The summed E-state index contributed by atoms with van der Waals surface area (Å²) in [5.74, 6) is 0.953. The van der Waals surface area contributed by atoms with E-state index in [0.717, 1.165) is 75.8 Å². The van der Waals surface area contributed by atoms with Gasteiger partial charge in [0, 0.05) is 49.3 Å². The highest BCUT2D eigenvalue weighted by Gasteiger charge is 2.31. The van der Waals surface area contributed by atoms with Crippen LogP contribution >= 0.6 is 11.6 Å². The van der Waals surface area contributed by atoms with Gasteiger partial charge < -0.3 is 15.4 Å². The second kappa shape index (κ2) is 11.7. The maximum Gasteiger partial charge on any atom is 0.165 e. The van der Waals surface area contributed by atoms with Crippen LogP contribution in [0.1, 0.15) is 57.6 Å². The fraction of sp³-hybridized carbons (Fsp3) is 0.643. The van der Waals surface area contributed by atoms with Gasteiger partial charge in [-0.1, -0.05) is 18.5 Å². The van der Waals surface area contributed by atoms with Crippen LogP contribution in [0.15, 0.2) is 24.4 Å². The van der Waals surface area contributed by atoms with E-state index in [-0.39, 0.29) is 28.8 Å². The fourth-order valence-electron chi connectivity index (χ4n) is 5.93. The van der Waals surface area contributed by atoms with Crippen LogP contribution in [0.25, 0.3) is 11.3 Å². The number of ether oxygens (including phenoxy) is 1. The Morgan fingerprint density at radius 3 is 2.61 bits per heavy atom. The third kappa shape index (κ3) is 7.03. The van der Waals surface area contributed by atoms with Gasteiger partial charge in [0.05, 0.1) is 22.2 Å². The van der Waals surface area contributed by atoms with Gasteiger partial charge in [-0.05, 0) is 80.9 Å². The van der Waals surface area contributed by atoms with Gasteiger partial charge in [0.15, 0.2) is 21.5 Å². The average molecular weight is 565 g/mol. The van der Waals surface area contributed by atoms with E-state index in [1.165, 1.54) is 6.07 Å². The Hall–Kier alpha value is -1.81. The van der Waals surface area contributed by atoms with Crippen LogP contribution in [-0.4, -0.2) is 61.7 Å². The molecule has 1 saturated carbocycles. The van der Waals surface area contributed by atoms with E-state index in [9.17, 15) is 12.8 Å². The Kier molecular flexibility index (Phi) is 8.57. The minimum absolute atomic E-state index is 0.0488. The molecule has 2 aromatic heterocycles. The maximum absolute atomic E-state index is 14.6. The minimum Gasteiger partial charge on any atom is -0.381 e. The van der Waals surface area contributed by atoms with Gasteiger partial charge in [-0.15, -0.1) is 0 Å². The maximum atomic E-state index is 14.6. The molecule has 0 aromatic carbocycles. The summed E-state index contributed by atoms with van der Waals surface area (Å²) in [7, 11) is -2.86. The highest BCUT2D eigenvalue weighted by atomic mass is 35.5. The van der Waals surface area contributed by atoms with Crippen molar-refractivity contribution in [2.75, 3.05) is 36.6 Å². The van der Waals surface area contributed by atoms with Crippen molar-refractivity contribution in [2.24, 2.45) is 11.3 Å². The summed E-state index contributed by atoms with van der Waals surface area (Å²) in [6.07, 6.45) is 9.34. The van der Waals surface area contributed by atoms with Crippen molar-refractivity contribution in [3.05, 3.63) is 40.9 Å². The number of nitrogens with zero attached hydrogens (tertiary/aromatic N) is 2. The molecule has 3 aliphatic rings. The van der Waals surface area contributed by atoms with E-state index >= 15 is 0 Å². The molecular weight excluding hydrogens is 527 g/mol. The first-order chi connectivity index (χ1) is 18.2. The molecule has 4 heterocycles. The standard InChI is InChI=1S/C28H38ClFN4O3S/c1-28(9-11-37-12-10-28)18-32-27-25(30)6-7-26(34-27)23-15-22(31-16-24(23)29)14-19-2-4-20(5-3-19)33-21-8-13-38(35,36)17-21/h6-7,15-16,19-21,33H,2-5,8-14,17-18H2,1H3,(H,32,34). The number of aromatic nitrogens is 2. The Morgan fingerprint density at radius 2 is 1.89 bits per heavy atom. The highest BCUT2D eigenvalue weighted by molar-refractivity contribution is 7.91. The minimum atomic E-state index is -2.86. The molecular formula is C28H38ClFN4O3S. The SMILES string of the molecule is CC1(CNc2nc(-c3cc(CC4CCC(NC5CCS(=O)(=O)C5)CC4)ncc3Cl)ccc2F)CCOCC1. The number of hydrogen-bond acceptors (Lipinski definition) is 7. The Labute approximate surface area is 230 Å². The smallest absolute Gasteiger partial charge is 0.165 e. The van der Waals surface area contributed by atoms with Crippen molar-refractivity contribution in [3.8, 4) is 11.3 Å². The third-order valence-corrected chi connectivity index (χ3v) is 10.5. The molecule has 1 atom stereocenters. The van der Waals surface area contributed by atoms with Gasteiger partial charge in [-0.3, -0.25) is 4.98 Å². The van der Waals surface area contributed by atoms with Crippen LogP contribution in [0.4, 0.5) is 10.2 Å². The van der Waals surface area contributed by atoms with E-state index < -0.39 is 9.84 Å². The number of hydrogen-bond donors (Lipinski definition) is 2. The van der Waals surface area contributed by atoms with Gasteiger partial charge >= 0.3 is 0 Å². The van der Waals surface area contributed by atoms with Gasteiger partial charge in [-0.2, -0.15) is 0 Å². The number of halogens is 2. The molecule has 0 bridgehead atoms. The molecule has 208 valence electrons. The quantitative estimate of drug-likeness (QED) is 0.464. The summed E-state index contributed by atoms with van der Waals surface area (Å²) < 4.78 is 43.6. The molecule has 5 rings (SSSR count). The molecule has 2 N–H and O–H groups in total. The summed E-state index contributed by atoms with van der Waals surface area (Å²) in [5, 5.41) is 7.30. The van der Waals surface area contributed by atoms with Crippen LogP contribution < -0.4 is 10.6 Å². The van der Waals surface area contributed by atoms with Crippen molar-refractivity contribution >= 4 is 27.3 Å². The van der Waals surface area contributed by atoms with Crippen molar-refractivity contribution < 1.29 is 17.5 Å². The number of rotatable bonds is 8. The summed E-state index contributed by atoms with van der Waals surface area (Å²) in [6.45, 7) is 4.28. The summed E-state index contributed by atoms with van der Waals surface area (Å²) in [4.78, 5) is 9.17. The van der Waals surface area contributed by atoms with E-state index in [2.05, 4.69) is 27.5 Å². The lowest BCUT2D eigenvalue weighted by Crippen LogP contribution is -2.41. The zero-order valence-electron chi connectivity index (χ0n) is 22.0. The molecule has 2 aromatic rings. The van der Waals surface area contributed by atoms with Gasteiger partial charge in [-0.25, -0.2) is 17.8 Å². The van der Waals surface area contributed by atoms with Crippen molar-refractivity contribution in [1.29, 1.82) is 0 Å². The molecule has 38 heavy (non-hydrogen) atoms. The lowest BCUT2D eigenvalue weighted by atomic mass is 9.82. The van der Waals surface area contributed by atoms with Crippen LogP contribution in [-0.2, 0) is 21.0 Å². The first-order valence-corrected chi connectivity index (χ1v) is 16.0. The topological polar surface area (TPSA) is 93.2 Å². The fourth-order valence-corrected chi connectivity index (χ4v) is 7.82.